The molecule has 1 heterocycles. The minimum Gasteiger partial charge on any atom is -0.430 e. The minimum absolute atomic E-state index is 0.319. The first kappa shape index (κ1) is 22.5. The van der Waals surface area contributed by atoms with Crippen LogP contribution in [0.4, 0.5) is 5.69 Å². The Morgan fingerprint density at radius 1 is 1.17 bits per heavy atom. The number of aromatic nitrogens is 2. The van der Waals surface area contributed by atoms with Crippen molar-refractivity contribution < 1.29 is 4.74 Å². The number of benzene rings is 2. The van der Waals surface area contributed by atoms with E-state index in [0.717, 1.165) is 34.0 Å². The summed E-state index contributed by atoms with van der Waals surface area (Å²) in [5, 5.41) is 4.86. The Hall–Kier alpha value is -2.15. The second kappa shape index (κ2) is 9.77. The van der Waals surface area contributed by atoms with E-state index in [1.54, 1.807) is 6.07 Å². The summed E-state index contributed by atoms with van der Waals surface area (Å²) in [7, 11) is 1.89. The maximum absolute atomic E-state index is 6.25. The van der Waals surface area contributed by atoms with Gasteiger partial charge in [0.15, 0.2) is 5.82 Å². The first-order chi connectivity index (χ1) is 14.3. The van der Waals surface area contributed by atoms with Gasteiger partial charge in [0, 0.05) is 41.0 Å². The third-order valence-electron chi connectivity index (χ3n) is 4.55. The van der Waals surface area contributed by atoms with Gasteiger partial charge in [-0.05, 0) is 54.8 Å². The number of aliphatic imine (C=N–C) groups is 1. The molecular formula is C22H24Cl2N4OS. The number of ether oxygens (including phenoxy) is 1. The fourth-order valence-electron chi connectivity index (χ4n) is 2.89. The zero-order chi connectivity index (χ0) is 21.8. The van der Waals surface area contributed by atoms with Crippen LogP contribution in [0.2, 0.25) is 10.0 Å². The van der Waals surface area contributed by atoms with Crippen LogP contribution < -0.4 is 10.1 Å². The van der Waals surface area contributed by atoms with Gasteiger partial charge in [0.25, 0.3) is 5.19 Å². The van der Waals surface area contributed by atoms with Crippen LogP contribution in [-0.4, -0.2) is 22.2 Å². The number of rotatable bonds is 6. The van der Waals surface area contributed by atoms with Gasteiger partial charge < -0.3 is 10.1 Å². The van der Waals surface area contributed by atoms with Gasteiger partial charge in [-0.3, -0.25) is 0 Å². The van der Waals surface area contributed by atoms with Crippen LogP contribution in [-0.2, 0) is 6.42 Å². The van der Waals surface area contributed by atoms with Crippen molar-refractivity contribution in [2.24, 2.45) is 10.9 Å². The van der Waals surface area contributed by atoms with Crippen molar-refractivity contribution in [2.45, 2.75) is 34.1 Å². The number of hydrogen-bond donors (Lipinski definition) is 1. The average Bonchev–Trinajstić information content (AvgIpc) is 3.12. The van der Waals surface area contributed by atoms with E-state index in [2.05, 4.69) is 28.5 Å². The predicted octanol–water partition coefficient (Wildman–Crippen LogP) is 6.75. The Morgan fingerprint density at radius 2 is 1.93 bits per heavy atom. The first-order valence-electron chi connectivity index (χ1n) is 9.58. The van der Waals surface area contributed by atoms with Gasteiger partial charge in [0.1, 0.15) is 11.6 Å². The molecule has 8 heteroatoms. The first-order valence-corrected chi connectivity index (χ1v) is 11.1. The Kier molecular flexibility index (Phi) is 7.34. The Balaban J connectivity index is 1.78. The topological polar surface area (TPSA) is 59.4 Å². The van der Waals surface area contributed by atoms with Crippen LogP contribution in [0.15, 0.2) is 35.3 Å². The summed E-state index contributed by atoms with van der Waals surface area (Å²) in [5.74, 6) is 2.67. The lowest BCUT2D eigenvalue weighted by molar-refractivity contribution is 0.473. The Labute approximate surface area is 191 Å². The molecule has 30 heavy (non-hydrogen) atoms. The van der Waals surface area contributed by atoms with Crippen LogP contribution in [0.25, 0.3) is 0 Å². The molecule has 5 nitrogen and oxygen atoms in total. The van der Waals surface area contributed by atoms with Crippen LogP contribution in [0.5, 0.6) is 10.9 Å². The van der Waals surface area contributed by atoms with E-state index in [4.69, 9.17) is 32.9 Å². The second-order valence-electron chi connectivity index (χ2n) is 7.30. The van der Waals surface area contributed by atoms with Gasteiger partial charge in [-0.2, -0.15) is 9.36 Å². The number of nitrogens with one attached hydrogen (secondary N) is 1. The monoisotopic (exact) mass is 462 g/mol. The molecule has 0 aliphatic heterocycles. The van der Waals surface area contributed by atoms with Crippen molar-refractivity contribution in [1.29, 1.82) is 0 Å². The summed E-state index contributed by atoms with van der Waals surface area (Å²) in [4.78, 5) is 9.25. The minimum atomic E-state index is 0.319. The van der Waals surface area contributed by atoms with Crippen molar-refractivity contribution in [3.63, 3.8) is 0 Å². The van der Waals surface area contributed by atoms with E-state index in [-0.39, 0.29) is 0 Å². The van der Waals surface area contributed by atoms with Crippen molar-refractivity contribution in [3.8, 4) is 10.9 Å². The quantitative estimate of drug-likeness (QED) is 0.325. The van der Waals surface area contributed by atoms with E-state index < -0.39 is 0 Å². The van der Waals surface area contributed by atoms with E-state index in [1.165, 1.54) is 11.5 Å². The summed E-state index contributed by atoms with van der Waals surface area (Å²) >= 11 is 13.4. The molecule has 0 aliphatic carbocycles. The molecular weight excluding hydrogens is 439 g/mol. The highest BCUT2D eigenvalue weighted by atomic mass is 35.5. The van der Waals surface area contributed by atoms with Crippen LogP contribution in [0.3, 0.4) is 0 Å². The normalized spacial score (nSPS) is 11.8. The molecule has 3 rings (SSSR count). The molecule has 2 aromatic carbocycles. The third-order valence-corrected chi connectivity index (χ3v) is 5.77. The summed E-state index contributed by atoms with van der Waals surface area (Å²) < 4.78 is 10.4. The van der Waals surface area contributed by atoms with E-state index in [1.807, 2.05) is 45.2 Å². The van der Waals surface area contributed by atoms with Gasteiger partial charge >= 0.3 is 0 Å². The largest absolute Gasteiger partial charge is 0.430 e. The zero-order valence-electron chi connectivity index (χ0n) is 17.6. The molecule has 0 saturated carbocycles. The van der Waals surface area contributed by atoms with Crippen LogP contribution in [0.1, 0.15) is 36.4 Å². The molecule has 0 saturated heterocycles. The van der Waals surface area contributed by atoms with Crippen LogP contribution >= 0.6 is 34.7 Å². The number of halogens is 2. The third kappa shape index (κ3) is 5.50. The molecule has 0 amide bonds. The lowest BCUT2D eigenvalue weighted by atomic mass is 10.1. The molecule has 0 unspecified atom stereocenters. The molecule has 3 aromatic rings. The number of hydrogen-bond acceptors (Lipinski definition) is 5. The highest BCUT2D eigenvalue weighted by molar-refractivity contribution is 7.07. The predicted molar refractivity (Wildman–Crippen MR) is 126 cm³/mol. The summed E-state index contributed by atoms with van der Waals surface area (Å²) in [6.07, 6.45) is 0.517. The Morgan fingerprint density at radius 3 is 2.60 bits per heavy atom. The van der Waals surface area contributed by atoms with Gasteiger partial charge in [-0.1, -0.05) is 43.1 Å². The van der Waals surface area contributed by atoms with Gasteiger partial charge in [-0.25, -0.2) is 4.99 Å². The molecule has 0 radical (unpaired) electrons. The van der Waals surface area contributed by atoms with Crippen LogP contribution in [0, 0.1) is 19.8 Å². The molecule has 0 atom stereocenters. The molecule has 0 spiro atoms. The lowest BCUT2D eigenvalue weighted by Gasteiger charge is -2.12. The second-order valence-corrected chi connectivity index (χ2v) is 8.86. The molecule has 1 N–H and O–H groups in total. The van der Waals surface area contributed by atoms with Gasteiger partial charge in [-0.15, -0.1) is 0 Å². The SMILES string of the molecule is CNC(=Nc1cc(C)c(Oc2nc(Cc3ccc(Cl)cc3Cl)ns2)cc1C)C(C)C. The number of nitrogens with zero attached hydrogens (tertiary/aromatic N) is 3. The molecule has 0 fully saturated rings. The number of aryl methyl sites for hydroxylation is 2. The highest BCUT2D eigenvalue weighted by Gasteiger charge is 2.13. The van der Waals surface area contributed by atoms with Gasteiger partial charge in [0.2, 0.25) is 0 Å². The van der Waals surface area contributed by atoms with Crippen molar-refractivity contribution in [1.82, 2.24) is 14.7 Å². The fourth-order valence-corrected chi connectivity index (χ4v) is 3.93. The summed E-state index contributed by atoms with van der Waals surface area (Å²) in [5.41, 5.74) is 3.86. The molecule has 0 aliphatic rings. The average molecular weight is 463 g/mol. The van der Waals surface area contributed by atoms with Gasteiger partial charge in [0.05, 0.1) is 5.69 Å². The molecule has 158 valence electrons. The maximum atomic E-state index is 6.25. The fraction of sp³-hybridized carbons (Fsp3) is 0.318. The van der Waals surface area contributed by atoms with E-state index in [0.29, 0.717) is 33.4 Å². The maximum Gasteiger partial charge on any atom is 0.298 e. The van der Waals surface area contributed by atoms with E-state index >= 15 is 0 Å². The van der Waals surface area contributed by atoms with E-state index in [9.17, 15) is 0 Å². The highest BCUT2D eigenvalue weighted by Crippen LogP contribution is 2.33. The van der Waals surface area contributed by atoms with Crippen molar-refractivity contribution >= 4 is 46.3 Å². The lowest BCUT2D eigenvalue weighted by Crippen LogP contribution is -2.23. The van der Waals surface area contributed by atoms with Crippen molar-refractivity contribution in [2.75, 3.05) is 7.05 Å². The zero-order valence-corrected chi connectivity index (χ0v) is 19.9. The Bertz CT molecular complexity index is 1080. The number of amidine groups is 1. The molecule has 1 aromatic heterocycles. The summed E-state index contributed by atoms with van der Waals surface area (Å²) in [6.45, 7) is 8.24. The van der Waals surface area contributed by atoms with Crippen molar-refractivity contribution in [3.05, 3.63) is 62.9 Å². The summed E-state index contributed by atoms with van der Waals surface area (Å²) in [6, 6.07) is 9.42. The standard InChI is InChI=1S/C22H24Cl2N4OS/c1-12(2)21(25-5)26-18-8-14(4)19(9-13(18)3)29-22-27-20(28-30-22)10-15-6-7-16(23)11-17(15)24/h6-9,11-12H,10H2,1-5H3,(H,25,26). The smallest absolute Gasteiger partial charge is 0.298 e. The molecule has 0 bridgehead atoms.